The molecule has 0 spiro atoms. The SMILES string of the molecule is CCCCCCCC/C=C\CCCCCCCCCCCCC(O)C(=O)OCCC. The van der Waals surface area contributed by atoms with E-state index in [0.29, 0.717) is 13.0 Å². The molecular formula is C27H52O3. The highest BCUT2D eigenvalue weighted by molar-refractivity contribution is 5.74. The van der Waals surface area contributed by atoms with Gasteiger partial charge < -0.3 is 9.84 Å². The van der Waals surface area contributed by atoms with Crippen molar-refractivity contribution in [1.29, 1.82) is 0 Å². The summed E-state index contributed by atoms with van der Waals surface area (Å²) < 4.78 is 4.95. The smallest absolute Gasteiger partial charge is 0.334 e. The van der Waals surface area contributed by atoms with Crippen molar-refractivity contribution in [3.63, 3.8) is 0 Å². The number of esters is 1. The van der Waals surface area contributed by atoms with Crippen LogP contribution in [-0.4, -0.2) is 23.8 Å². The Kier molecular flexibility index (Phi) is 23.8. The summed E-state index contributed by atoms with van der Waals surface area (Å²) in [6.45, 7) is 4.64. The van der Waals surface area contributed by atoms with Gasteiger partial charge in [-0.05, 0) is 38.5 Å². The van der Waals surface area contributed by atoms with Gasteiger partial charge in [-0.25, -0.2) is 4.79 Å². The van der Waals surface area contributed by atoms with Gasteiger partial charge in [0, 0.05) is 0 Å². The molecule has 1 atom stereocenters. The van der Waals surface area contributed by atoms with Crippen LogP contribution in [0.2, 0.25) is 0 Å². The van der Waals surface area contributed by atoms with Crippen LogP contribution in [0.15, 0.2) is 12.2 Å². The van der Waals surface area contributed by atoms with Gasteiger partial charge in [0.2, 0.25) is 0 Å². The number of hydrogen-bond donors (Lipinski definition) is 1. The Morgan fingerprint density at radius 1 is 0.667 bits per heavy atom. The molecule has 0 radical (unpaired) electrons. The fraction of sp³-hybridized carbons (Fsp3) is 0.889. The first kappa shape index (κ1) is 29.2. The Labute approximate surface area is 188 Å². The fourth-order valence-corrected chi connectivity index (χ4v) is 3.71. The molecule has 0 aliphatic rings. The number of aliphatic hydroxyl groups is 1. The Hall–Kier alpha value is -0.830. The lowest BCUT2D eigenvalue weighted by Gasteiger charge is -2.09. The molecule has 1 N–H and O–H groups in total. The summed E-state index contributed by atoms with van der Waals surface area (Å²) >= 11 is 0. The molecular weight excluding hydrogens is 372 g/mol. The molecule has 3 nitrogen and oxygen atoms in total. The van der Waals surface area contributed by atoms with E-state index in [9.17, 15) is 9.90 Å². The van der Waals surface area contributed by atoms with Crippen LogP contribution in [0.3, 0.4) is 0 Å². The first-order chi connectivity index (χ1) is 14.7. The minimum atomic E-state index is -0.929. The maximum Gasteiger partial charge on any atom is 0.334 e. The third-order valence-corrected chi connectivity index (χ3v) is 5.71. The second-order valence-electron chi connectivity index (χ2n) is 8.82. The lowest BCUT2D eigenvalue weighted by molar-refractivity contribution is -0.153. The van der Waals surface area contributed by atoms with Crippen LogP contribution < -0.4 is 0 Å². The topological polar surface area (TPSA) is 46.5 Å². The summed E-state index contributed by atoms with van der Waals surface area (Å²) in [7, 11) is 0. The lowest BCUT2D eigenvalue weighted by atomic mass is 10.0. The highest BCUT2D eigenvalue weighted by Gasteiger charge is 2.15. The zero-order valence-electron chi connectivity index (χ0n) is 20.3. The van der Waals surface area contributed by atoms with Crippen LogP contribution >= 0.6 is 0 Å². The van der Waals surface area contributed by atoms with Crippen LogP contribution in [0.5, 0.6) is 0 Å². The van der Waals surface area contributed by atoms with Crippen molar-refractivity contribution >= 4 is 5.97 Å². The van der Waals surface area contributed by atoms with Crippen LogP contribution in [0, 0.1) is 0 Å². The van der Waals surface area contributed by atoms with Crippen molar-refractivity contribution in [2.24, 2.45) is 0 Å². The van der Waals surface area contributed by atoms with E-state index in [1.807, 2.05) is 6.92 Å². The van der Waals surface area contributed by atoms with Crippen molar-refractivity contribution in [1.82, 2.24) is 0 Å². The van der Waals surface area contributed by atoms with Gasteiger partial charge in [0.1, 0.15) is 0 Å². The second kappa shape index (κ2) is 24.4. The number of allylic oxidation sites excluding steroid dienone is 2. The summed E-state index contributed by atoms with van der Waals surface area (Å²) in [4.78, 5) is 11.5. The fourth-order valence-electron chi connectivity index (χ4n) is 3.71. The van der Waals surface area contributed by atoms with Crippen molar-refractivity contribution < 1.29 is 14.6 Å². The van der Waals surface area contributed by atoms with E-state index in [1.54, 1.807) is 0 Å². The monoisotopic (exact) mass is 424 g/mol. The van der Waals surface area contributed by atoms with Crippen molar-refractivity contribution in [3.8, 4) is 0 Å². The Morgan fingerprint density at radius 3 is 1.57 bits per heavy atom. The normalized spacial score (nSPS) is 12.5. The van der Waals surface area contributed by atoms with E-state index >= 15 is 0 Å². The first-order valence-electron chi connectivity index (χ1n) is 13.2. The third kappa shape index (κ3) is 21.9. The van der Waals surface area contributed by atoms with Gasteiger partial charge in [0.25, 0.3) is 0 Å². The van der Waals surface area contributed by atoms with Crippen molar-refractivity contribution in [3.05, 3.63) is 12.2 Å². The highest BCUT2D eigenvalue weighted by atomic mass is 16.5. The van der Waals surface area contributed by atoms with Gasteiger partial charge in [-0.1, -0.05) is 116 Å². The number of rotatable bonds is 23. The van der Waals surface area contributed by atoms with Crippen molar-refractivity contribution in [2.75, 3.05) is 6.61 Å². The Bertz CT molecular complexity index is 378. The third-order valence-electron chi connectivity index (χ3n) is 5.71. The van der Waals surface area contributed by atoms with E-state index < -0.39 is 12.1 Å². The molecule has 0 aliphatic heterocycles. The van der Waals surface area contributed by atoms with Gasteiger partial charge in [-0.15, -0.1) is 0 Å². The van der Waals surface area contributed by atoms with Crippen LogP contribution in [0.25, 0.3) is 0 Å². The van der Waals surface area contributed by atoms with Gasteiger partial charge in [0.15, 0.2) is 6.10 Å². The van der Waals surface area contributed by atoms with E-state index in [4.69, 9.17) is 4.74 Å². The summed E-state index contributed by atoms with van der Waals surface area (Å²) in [6.07, 6.45) is 28.7. The molecule has 0 saturated carbocycles. The number of carbonyl (C=O) groups is 1. The first-order valence-corrected chi connectivity index (χ1v) is 13.2. The van der Waals surface area contributed by atoms with E-state index in [0.717, 1.165) is 19.3 Å². The number of hydrogen-bond acceptors (Lipinski definition) is 3. The van der Waals surface area contributed by atoms with E-state index in [-0.39, 0.29) is 0 Å². The standard InChI is InChI=1S/C27H52O3/c1-3-5-6-7-8-9-10-11-12-13-14-15-16-17-18-19-20-21-22-23-24-26(28)27(29)30-25-4-2/h11-12,26,28H,3-10,13-25H2,1-2H3/b12-11-. The number of ether oxygens (including phenoxy) is 1. The molecule has 0 fully saturated rings. The van der Waals surface area contributed by atoms with Gasteiger partial charge >= 0.3 is 5.97 Å². The zero-order valence-corrected chi connectivity index (χ0v) is 20.3. The molecule has 0 aliphatic carbocycles. The second-order valence-corrected chi connectivity index (χ2v) is 8.82. The van der Waals surface area contributed by atoms with E-state index in [1.165, 1.54) is 103 Å². The minimum absolute atomic E-state index is 0.409. The van der Waals surface area contributed by atoms with Gasteiger partial charge in [0.05, 0.1) is 6.61 Å². The molecule has 0 rings (SSSR count). The molecule has 0 aromatic rings. The highest BCUT2D eigenvalue weighted by Crippen LogP contribution is 2.13. The minimum Gasteiger partial charge on any atom is -0.464 e. The predicted molar refractivity (Wildman–Crippen MR) is 130 cm³/mol. The van der Waals surface area contributed by atoms with Crippen LogP contribution in [-0.2, 0) is 9.53 Å². The Balaban J connectivity index is 3.21. The van der Waals surface area contributed by atoms with Gasteiger partial charge in [-0.3, -0.25) is 0 Å². The van der Waals surface area contributed by atoms with Gasteiger partial charge in [-0.2, -0.15) is 0 Å². The zero-order chi connectivity index (χ0) is 22.1. The van der Waals surface area contributed by atoms with Crippen LogP contribution in [0.1, 0.15) is 142 Å². The average Bonchev–Trinajstić information content (AvgIpc) is 2.75. The van der Waals surface area contributed by atoms with Crippen molar-refractivity contribution in [2.45, 2.75) is 148 Å². The molecule has 0 aromatic heterocycles. The molecule has 0 amide bonds. The molecule has 1 unspecified atom stereocenters. The molecule has 0 aromatic carbocycles. The Morgan fingerprint density at radius 2 is 1.10 bits per heavy atom. The number of unbranched alkanes of at least 4 members (excludes halogenated alkanes) is 16. The maximum atomic E-state index is 11.5. The molecule has 178 valence electrons. The average molecular weight is 425 g/mol. The largest absolute Gasteiger partial charge is 0.464 e. The number of aliphatic hydroxyl groups excluding tert-OH is 1. The quantitative estimate of drug-likeness (QED) is 0.102. The molecule has 0 heterocycles. The lowest BCUT2D eigenvalue weighted by Crippen LogP contribution is -2.23. The molecule has 0 bridgehead atoms. The predicted octanol–water partition coefficient (Wildman–Crippen LogP) is 8.29. The molecule has 0 saturated heterocycles. The molecule has 30 heavy (non-hydrogen) atoms. The van der Waals surface area contributed by atoms with Crippen LogP contribution in [0.4, 0.5) is 0 Å². The number of carbonyl (C=O) groups excluding carboxylic acids is 1. The summed E-state index contributed by atoms with van der Waals surface area (Å²) in [5, 5.41) is 9.72. The summed E-state index contributed by atoms with van der Waals surface area (Å²) in [5.41, 5.74) is 0. The summed E-state index contributed by atoms with van der Waals surface area (Å²) in [6, 6.07) is 0. The summed E-state index contributed by atoms with van der Waals surface area (Å²) in [5.74, 6) is -0.454. The van der Waals surface area contributed by atoms with E-state index in [2.05, 4.69) is 19.1 Å². The maximum absolute atomic E-state index is 11.5. The molecule has 3 heteroatoms.